The molecule has 1 atom stereocenters. The van der Waals surface area contributed by atoms with Crippen LogP contribution in [0.3, 0.4) is 0 Å². The zero-order valence-corrected chi connectivity index (χ0v) is 31.0. The van der Waals surface area contributed by atoms with Crippen molar-refractivity contribution in [3.8, 4) is 11.1 Å². The molecule has 2 aliphatic heterocycles. The van der Waals surface area contributed by atoms with Gasteiger partial charge >= 0.3 is 5.97 Å². The second kappa shape index (κ2) is 14.2. The lowest BCUT2D eigenvalue weighted by molar-refractivity contribution is -0.136. The van der Waals surface area contributed by atoms with Crippen LogP contribution in [0, 0.1) is 25.2 Å². The van der Waals surface area contributed by atoms with Crippen molar-refractivity contribution < 1.29 is 19.5 Å². The number of fused-ring (bicyclic) bond motifs is 4. The van der Waals surface area contributed by atoms with Crippen LogP contribution in [0.2, 0.25) is 0 Å². The van der Waals surface area contributed by atoms with E-state index in [-0.39, 0.29) is 30.1 Å². The Balaban J connectivity index is 0.949. The third kappa shape index (κ3) is 6.90. The molecule has 12 heteroatoms. The number of hydrogen-bond donors (Lipinski definition) is 4. The molecule has 1 unspecified atom stereocenters. The maximum absolute atomic E-state index is 13.8. The molecule has 2 saturated carbocycles. The number of carbonyl (C=O) groups is 3. The molecule has 4 N–H and O–H groups in total. The van der Waals surface area contributed by atoms with E-state index in [9.17, 15) is 14.4 Å². The summed E-state index contributed by atoms with van der Waals surface area (Å²) in [6.45, 7) is 7.40. The molecule has 12 nitrogen and oxygen atoms in total. The molecule has 53 heavy (non-hydrogen) atoms. The summed E-state index contributed by atoms with van der Waals surface area (Å²) < 4.78 is 3.76. The van der Waals surface area contributed by atoms with Gasteiger partial charge in [-0.25, -0.2) is 4.98 Å². The van der Waals surface area contributed by atoms with E-state index in [1.165, 1.54) is 38.5 Å². The number of aliphatic carboxylic acids is 1. The topological polar surface area (TPSA) is 146 Å². The summed E-state index contributed by atoms with van der Waals surface area (Å²) in [5.74, 6) is -0.0791. The molecule has 0 radical (unpaired) electrons. The van der Waals surface area contributed by atoms with Crippen LogP contribution in [0.15, 0.2) is 42.5 Å². The van der Waals surface area contributed by atoms with Crippen LogP contribution in [0.25, 0.3) is 11.1 Å². The summed E-state index contributed by atoms with van der Waals surface area (Å²) in [6.07, 6.45) is 10.9. The number of carboxylic acids is 1. The van der Waals surface area contributed by atoms with Gasteiger partial charge in [-0.3, -0.25) is 29.3 Å². The van der Waals surface area contributed by atoms with Gasteiger partial charge in [-0.15, -0.1) is 0 Å². The standard InChI is InChI=1S/C41H50N8O4/c1-25-28(7-4-9-30(25)44-39(52)33-21-36-32(42-23-37(50)51)11-6-18-49(36)46-33)29-8-5-10-31(26(29)2)45-40(53)38-43-34-24-48(19-14-35(34)47(38)3)20-17-41-15-12-27(22-41)13-16-41/h4-5,7-10,21,27,32,42H,6,11-20,22-24H2,1-3H3,(H,44,52)(H,45,53)(H,50,51). The molecule has 2 fully saturated rings. The highest BCUT2D eigenvalue weighted by Crippen LogP contribution is 2.56. The smallest absolute Gasteiger partial charge is 0.317 e. The number of aryl methyl sites for hydroxylation is 1. The zero-order valence-electron chi connectivity index (χ0n) is 31.0. The predicted molar refractivity (Wildman–Crippen MR) is 203 cm³/mol. The highest BCUT2D eigenvalue weighted by molar-refractivity contribution is 6.05. The molecule has 8 rings (SSSR count). The fourth-order valence-corrected chi connectivity index (χ4v) is 9.54. The highest BCUT2D eigenvalue weighted by Gasteiger charge is 2.44. The third-order valence-electron chi connectivity index (χ3n) is 12.6. The monoisotopic (exact) mass is 718 g/mol. The minimum absolute atomic E-state index is 0.155. The molecule has 0 saturated heterocycles. The Hall–Kier alpha value is -4.81. The minimum atomic E-state index is -0.924. The quantitative estimate of drug-likeness (QED) is 0.143. The third-order valence-corrected chi connectivity index (χ3v) is 12.6. The maximum atomic E-state index is 13.8. The van der Waals surface area contributed by atoms with Crippen LogP contribution in [0.5, 0.6) is 0 Å². The summed E-state index contributed by atoms with van der Waals surface area (Å²) in [4.78, 5) is 45.8. The lowest BCUT2D eigenvalue weighted by atomic mass is 9.81. The van der Waals surface area contributed by atoms with Crippen LogP contribution in [0.1, 0.15) is 107 Å². The number of benzene rings is 2. The molecular formula is C41H50N8O4. The van der Waals surface area contributed by atoms with E-state index in [1.807, 2.05) is 61.9 Å². The number of anilines is 2. The van der Waals surface area contributed by atoms with Crippen LogP contribution in [-0.2, 0) is 31.4 Å². The second-order valence-electron chi connectivity index (χ2n) is 15.8. The molecule has 4 aliphatic rings. The summed E-state index contributed by atoms with van der Waals surface area (Å²) in [7, 11) is 1.95. The molecule has 2 amide bonds. The van der Waals surface area contributed by atoms with Gasteiger partial charge < -0.3 is 20.3 Å². The number of hydrogen-bond acceptors (Lipinski definition) is 7. The van der Waals surface area contributed by atoms with Gasteiger partial charge in [0.15, 0.2) is 11.5 Å². The first-order valence-corrected chi connectivity index (χ1v) is 19.2. The van der Waals surface area contributed by atoms with Gasteiger partial charge in [0.1, 0.15) is 0 Å². The largest absolute Gasteiger partial charge is 0.480 e. The summed E-state index contributed by atoms with van der Waals surface area (Å²) in [6, 6.07) is 13.2. The molecule has 2 aromatic heterocycles. The first-order valence-electron chi connectivity index (χ1n) is 19.2. The average Bonchev–Trinajstić information content (AvgIpc) is 3.95. The Morgan fingerprint density at radius 3 is 2.30 bits per heavy atom. The first-order chi connectivity index (χ1) is 25.6. The van der Waals surface area contributed by atoms with Crippen molar-refractivity contribution >= 4 is 29.2 Å². The Kier molecular flexibility index (Phi) is 9.44. The lowest BCUT2D eigenvalue weighted by Crippen LogP contribution is -2.34. The number of nitrogens with one attached hydrogen (secondary N) is 3. The number of rotatable bonds is 11. The van der Waals surface area contributed by atoms with E-state index < -0.39 is 5.97 Å². The molecule has 4 aromatic rings. The number of amides is 2. The normalized spacial score (nSPS) is 22.0. The number of aromatic nitrogens is 4. The van der Waals surface area contributed by atoms with E-state index in [0.717, 1.165) is 84.2 Å². The summed E-state index contributed by atoms with van der Waals surface area (Å²) in [5.41, 5.74) is 8.92. The van der Waals surface area contributed by atoms with Gasteiger partial charge in [0.05, 0.1) is 17.9 Å². The van der Waals surface area contributed by atoms with E-state index in [2.05, 4.69) is 25.9 Å². The van der Waals surface area contributed by atoms with Crippen molar-refractivity contribution in [3.63, 3.8) is 0 Å². The van der Waals surface area contributed by atoms with Gasteiger partial charge in [-0.2, -0.15) is 5.10 Å². The Labute approximate surface area is 310 Å². The van der Waals surface area contributed by atoms with Crippen molar-refractivity contribution in [1.82, 2.24) is 29.5 Å². The SMILES string of the molecule is Cc1c(NC(=O)c2cc3n(n2)CCCC3NCC(=O)O)cccc1-c1cccc(NC(=O)c2nc3c(n2C)CCN(CCC24CCC(CC2)C4)C3)c1C. The van der Waals surface area contributed by atoms with Crippen LogP contribution in [0.4, 0.5) is 11.4 Å². The Morgan fingerprint density at radius 2 is 1.64 bits per heavy atom. The van der Waals surface area contributed by atoms with Gasteiger partial charge in [0.2, 0.25) is 0 Å². The average molecular weight is 719 g/mol. The highest BCUT2D eigenvalue weighted by atomic mass is 16.4. The van der Waals surface area contributed by atoms with E-state index in [4.69, 9.17) is 10.1 Å². The molecule has 2 aromatic carbocycles. The summed E-state index contributed by atoms with van der Waals surface area (Å²) in [5, 5.41) is 22.9. The van der Waals surface area contributed by atoms with Crippen molar-refractivity contribution in [2.24, 2.45) is 18.4 Å². The fourth-order valence-electron chi connectivity index (χ4n) is 9.54. The van der Waals surface area contributed by atoms with Crippen molar-refractivity contribution in [2.45, 2.75) is 90.8 Å². The molecule has 2 bridgehead atoms. The minimum Gasteiger partial charge on any atom is -0.480 e. The first kappa shape index (κ1) is 35.2. The zero-order chi connectivity index (χ0) is 36.9. The second-order valence-corrected chi connectivity index (χ2v) is 15.8. The number of imidazole rings is 1. The van der Waals surface area contributed by atoms with Gasteiger partial charge in [-0.05, 0) is 124 Å². The van der Waals surface area contributed by atoms with E-state index >= 15 is 0 Å². The molecule has 4 heterocycles. The fraction of sp³-hybridized carbons (Fsp3) is 0.488. The van der Waals surface area contributed by atoms with Gasteiger partial charge in [0.25, 0.3) is 11.8 Å². The maximum Gasteiger partial charge on any atom is 0.317 e. The van der Waals surface area contributed by atoms with Crippen LogP contribution < -0.4 is 16.0 Å². The van der Waals surface area contributed by atoms with Crippen molar-refractivity contribution in [3.05, 3.63) is 82.2 Å². The summed E-state index contributed by atoms with van der Waals surface area (Å²) >= 11 is 0. The Bertz CT molecular complexity index is 2070. The van der Waals surface area contributed by atoms with Crippen LogP contribution in [-0.4, -0.2) is 66.8 Å². The van der Waals surface area contributed by atoms with Gasteiger partial charge in [-0.1, -0.05) is 24.3 Å². The number of carboxylic acid groups (broad SMARTS) is 1. The molecule has 0 spiro atoms. The molecule has 278 valence electrons. The van der Waals surface area contributed by atoms with Crippen molar-refractivity contribution in [1.29, 1.82) is 0 Å². The number of nitrogens with zero attached hydrogens (tertiary/aromatic N) is 5. The Morgan fingerprint density at radius 1 is 0.943 bits per heavy atom. The van der Waals surface area contributed by atoms with E-state index in [1.54, 1.807) is 10.7 Å². The van der Waals surface area contributed by atoms with Crippen LogP contribution >= 0.6 is 0 Å². The van der Waals surface area contributed by atoms with Gasteiger partial charge in [0, 0.05) is 56.2 Å². The van der Waals surface area contributed by atoms with E-state index in [0.29, 0.717) is 29.2 Å². The number of carbonyl (C=O) groups excluding carboxylic acids is 2. The predicted octanol–water partition coefficient (Wildman–Crippen LogP) is 6.24. The van der Waals surface area contributed by atoms with Crippen molar-refractivity contribution in [2.75, 3.05) is 30.3 Å². The lowest BCUT2D eigenvalue weighted by Gasteiger charge is -2.32. The molecule has 2 aliphatic carbocycles. The molecular weight excluding hydrogens is 669 g/mol.